The number of benzene rings is 1. The van der Waals surface area contributed by atoms with Crippen molar-refractivity contribution in [3.8, 4) is 5.75 Å². The second-order valence-corrected chi connectivity index (χ2v) is 6.10. The van der Waals surface area contributed by atoms with Gasteiger partial charge < -0.3 is 19.5 Å². The number of carbonyl (C=O) groups excluding carboxylic acids is 1. The van der Waals surface area contributed by atoms with Gasteiger partial charge in [-0.1, -0.05) is 6.07 Å². The molecule has 1 aliphatic heterocycles. The zero-order chi connectivity index (χ0) is 17.2. The number of nitrogens with zero attached hydrogens (tertiary/aromatic N) is 3. The molecule has 1 saturated heterocycles. The molecule has 0 spiro atoms. The highest BCUT2D eigenvalue weighted by atomic mass is 16.5. The highest BCUT2D eigenvalue weighted by molar-refractivity contribution is 5.98. The van der Waals surface area contributed by atoms with E-state index in [0.29, 0.717) is 18.8 Å². The van der Waals surface area contributed by atoms with Gasteiger partial charge in [0, 0.05) is 43.3 Å². The van der Waals surface area contributed by atoms with Crippen LogP contribution in [0.1, 0.15) is 10.5 Å². The number of rotatable bonds is 3. The predicted molar refractivity (Wildman–Crippen MR) is 97.2 cm³/mol. The van der Waals surface area contributed by atoms with Crippen LogP contribution < -0.4 is 9.64 Å². The van der Waals surface area contributed by atoms with E-state index in [-0.39, 0.29) is 5.91 Å². The minimum Gasteiger partial charge on any atom is -0.497 e. The molecule has 2 aromatic heterocycles. The first-order valence-electron chi connectivity index (χ1n) is 8.36. The Bertz CT molecular complexity index is 883. The summed E-state index contributed by atoms with van der Waals surface area (Å²) < 4.78 is 5.24. The fourth-order valence-electron chi connectivity index (χ4n) is 3.20. The molecule has 3 heterocycles. The number of fused-ring (bicyclic) bond motifs is 1. The molecular weight excluding hydrogens is 316 g/mol. The Kier molecular flexibility index (Phi) is 4.01. The topological polar surface area (TPSA) is 61.5 Å². The maximum atomic E-state index is 12.8. The smallest absolute Gasteiger partial charge is 0.270 e. The Morgan fingerprint density at radius 2 is 1.96 bits per heavy atom. The average Bonchev–Trinajstić information content (AvgIpc) is 3.11. The van der Waals surface area contributed by atoms with Gasteiger partial charge in [-0.3, -0.25) is 4.79 Å². The number of carbonyl (C=O) groups is 1. The summed E-state index contributed by atoms with van der Waals surface area (Å²) in [6.07, 6.45) is 1.80. The van der Waals surface area contributed by atoms with Gasteiger partial charge in [0.05, 0.1) is 7.11 Å². The maximum Gasteiger partial charge on any atom is 0.270 e. The van der Waals surface area contributed by atoms with Crippen LogP contribution in [0.25, 0.3) is 10.9 Å². The van der Waals surface area contributed by atoms with Crippen LogP contribution in [0, 0.1) is 0 Å². The largest absolute Gasteiger partial charge is 0.497 e. The third kappa shape index (κ3) is 3.03. The highest BCUT2D eigenvalue weighted by Crippen LogP contribution is 2.22. The summed E-state index contributed by atoms with van der Waals surface area (Å²) in [6.45, 7) is 2.95. The summed E-state index contributed by atoms with van der Waals surface area (Å²) in [4.78, 5) is 24.5. The Balaban J connectivity index is 1.47. The summed E-state index contributed by atoms with van der Waals surface area (Å²) in [5.41, 5.74) is 1.56. The van der Waals surface area contributed by atoms with E-state index in [9.17, 15) is 4.79 Å². The molecule has 4 rings (SSSR count). The molecule has 3 aromatic rings. The molecule has 0 unspecified atom stereocenters. The normalized spacial score (nSPS) is 14.8. The number of pyridine rings is 1. The van der Waals surface area contributed by atoms with E-state index in [1.807, 2.05) is 47.4 Å². The van der Waals surface area contributed by atoms with Crippen LogP contribution in [0.5, 0.6) is 5.75 Å². The summed E-state index contributed by atoms with van der Waals surface area (Å²) in [5, 5.41) is 0.981. The maximum absolute atomic E-state index is 12.8. The molecule has 1 amide bonds. The van der Waals surface area contributed by atoms with Gasteiger partial charge in [-0.05, 0) is 36.4 Å². The predicted octanol–water partition coefficient (Wildman–Crippen LogP) is 2.53. The molecule has 0 aliphatic carbocycles. The van der Waals surface area contributed by atoms with Crippen molar-refractivity contribution in [2.45, 2.75) is 0 Å². The monoisotopic (exact) mass is 336 g/mol. The van der Waals surface area contributed by atoms with Crippen molar-refractivity contribution in [3.05, 3.63) is 54.4 Å². The number of hydrogen-bond acceptors (Lipinski definition) is 4. The molecule has 128 valence electrons. The van der Waals surface area contributed by atoms with Gasteiger partial charge in [0.25, 0.3) is 5.91 Å². The summed E-state index contributed by atoms with van der Waals surface area (Å²) in [5.74, 6) is 1.79. The molecule has 6 nitrogen and oxygen atoms in total. The molecule has 1 fully saturated rings. The van der Waals surface area contributed by atoms with E-state index in [0.717, 1.165) is 35.6 Å². The van der Waals surface area contributed by atoms with Gasteiger partial charge in [-0.25, -0.2) is 4.98 Å². The van der Waals surface area contributed by atoms with Crippen molar-refractivity contribution < 1.29 is 9.53 Å². The van der Waals surface area contributed by atoms with Gasteiger partial charge in [-0.15, -0.1) is 0 Å². The Morgan fingerprint density at radius 3 is 2.68 bits per heavy atom. The zero-order valence-corrected chi connectivity index (χ0v) is 14.1. The second-order valence-electron chi connectivity index (χ2n) is 6.10. The van der Waals surface area contributed by atoms with Crippen molar-refractivity contribution in [1.29, 1.82) is 0 Å². The number of amides is 1. The van der Waals surface area contributed by atoms with Gasteiger partial charge >= 0.3 is 0 Å². The van der Waals surface area contributed by atoms with Crippen molar-refractivity contribution in [3.63, 3.8) is 0 Å². The van der Waals surface area contributed by atoms with E-state index in [1.54, 1.807) is 13.3 Å². The van der Waals surface area contributed by atoms with Gasteiger partial charge in [0.15, 0.2) is 0 Å². The van der Waals surface area contributed by atoms with E-state index in [4.69, 9.17) is 4.74 Å². The van der Waals surface area contributed by atoms with Crippen LogP contribution in [-0.2, 0) is 0 Å². The molecular formula is C19H20N4O2. The van der Waals surface area contributed by atoms with Crippen molar-refractivity contribution >= 4 is 22.6 Å². The summed E-state index contributed by atoms with van der Waals surface area (Å²) >= 11 is 0. The van der Waals surface area contributed by atoms with Gasteiger partial charge in [0.1, 0.15) is 17.3 Å². The number of methoxy groups -OCH3 is 1. The summed E-state index contributed by atoms with van der Waals surface area (Å²) in [7, 11) is 1.64. The molecule has 1 aromatic carbocycles. The minimum atomic E-state index is 0.0378. The molecule has 0 bridgehead atoms. The number of anilines is 1. The molecule has 0 atom stereocenters. The average molecular weight is 336 g/mol. The van der Waals surface area contributed by atoms with E-state index in [2.05, 4.69) is 14.9 Å². The zero-order valence-electron chi connectivity index (χ0n) is 14.1. The lowest BCUT2D eigenvalue weighted by atomic mass is 10.2. The summed E-state index contributed by atoms with van der Waals surface area (Å²) in [6, 6.07) is 13.5. The van der Waals surface area contributed by atoms with E-state index in [1.165, 1.54) is 0 Å². The molecule has 1 N–H and O–H groups in total. The molecule has 1 aliphatic rings. The van der Waals surface area contributed by atoms with Crippen LogP contribution in [-0.4, -0.2) is 54.1 Å². The van der Waals surface area contributed by atoms with E-state index < -0.39 is 0 Å². The lowest BCUT2D eigenvalue weighted by Gasteiger charge is -2.35. The fraction of sp³-hybridized carbons (Fsp3) is 0.263. The lowest BCUT2D eigenvalue weighted by molar-refractivity contribution is 0.0741. The first-order chi connectivity index (χ1) is 12.2. The highest BCUT2D eigenvalue weighted by Gasteiger charge is 2.23. The number of nitrogens with one attached hydrogen (secondary N) is 1. The minimum absolute atomic E-state index is 0.0378. The number of aromatic amines is 1. The van der Waals surface area contributed by atoms with Crippen molar-refractivity contribution in [1.82, 2.24) is 14.9 Å². The quantitative estimate of drug-likeness (QED) is 0.798. The van der Waals surface area contributed by atoms with Gasteiger partial charge in [0.2, 0.25) is 0 Å². The SMILES string of the molecule is COc1ccc2[nH]c(C(=O)N3CCN(c4ccccn4)CC3)cc2c1. The first kappa shape index (κ1) is 15.5. The Labute approximate surface area is 146 Å². The standard InChI is InChI=1S/C19H20N4O2/c1-25-15-5-6-16-14(12-15)13-17(21-16)19(24)23-10-8-22(9-11-23)18-4-2-3-7-20-18/h2-7,12-13,21H,8-11H2,1H3. The lowest BCUT2D eigenvalue weighted by Crippen LogP contribution is -2.49. The molecule has 6 heteroatoms. The number of ether oxygens (including phenoxy) is 1. The Hall–Kier alpha value is -3.02. The van der Waals surface area contributed by atoms with Crippen LogP contribution in [0.4, 0.5) is 5.82 Å². The van der Waals surface area contributed by atoms with Crippen LogP contribution in [0.2, 0.25) is 0 Å². The third-order valence-corrected chi connectivity index (χ3v) is 4.60. The van der Waals surface area contributed by atoms with Crippen LogP contribution in [0.15, 0.2) is 48.7 Å². The van der Waals surface area contributed by atoms with Crippen molar-refractivity contribution in [2.75, 3.05) is 38.2 Å². The second kappa shape index (κ2) is 6.47. The van der Waals surface area contributed by atoms with Crippen LogP contribution >= 0.6 is 0 Å². The number of piperazine rings is 1. The fourth-order valence-corrected chi connectivity index (χ4v) is 3.20. The third-order valence-electron chi connectivity index (χ3n) is 4.60. The molecule has 0 radical (unpaired) electrons. The van der Waals surface area contributed by atoms with Crippen molar-refractivity contribution in [2.24, 2.45) is 0 Å². The van der Waals surface area contributed by atoms with Gasteiger partial charge in [-0.2, -0.15) is 0 Å². The number of H-pyrrole nitrogens is 1. The molecule has 25 heavy (non-hydrogen) atoms. The first-order valence-corrected chi connectivity index (χ1v) is 8.36. The van der Waals surface area contributed by atoms with E-state index >= 15 is 0 Å². The number of aromatic nitrogens is 2. The Morgan fingerprint density at radius 1 is 1.12 bits per heavy atom. The molecule has 0 saturated carbocycles. The number of hydrogen-bond donors (Lipinski definition) is 1. The van der Waals surface area contributed by atoms with Crippen LogP contribution in [0.3, 0.4) is 0 Å².